The molecule has 0 saturated carbocycles. The minimum atomic E-state index is -1.15. The second-order valence-corrected chi connectivity index (χ2v) is 10.8. The Morgan fingerprint density at radius 3 is 2.40 bits per heavy atom. The Hall–Kier alpha value is -3.58. The van der Waals surface area contributed by atoms with Crippen molar-refractivity contribution in [2.24, 2.45) is 17.2 Å². The van der Waals surface area contributed by atoms with Gasteiger partial charge in [-0.1, -0.05) is 12.1 Å². The van der Waals surface area contributed by atoms with E-state index in [1.807, 2.05) is 0 Å². The van der Waals surface area contributed by atoms with Crippen LogP contribution < -0.4 is 27.8 Å². The summed E-state index contributed by atoms with van der Waals surface area (Å²) in [7, 11) is 1.44. The van der Waals surface area contributed by atoms with Gasteiger partial charge in [0.15, 0.2) is 0 Å². The highest BCUT2D eigenvalue weighted by molar-refractivity contribution is 5.93. The number of hydrogen-bond donors (Lipinski definition) is 7. The van der Waals surface area contributed by atoms with E-state index >= 15 is 4.39 Å². The number of carbonyl (C=O) groups is 3. The van der Waals surface area contributed by atoms with E-state index in [1.54, 1.807) is 24.3 Å². The minimum absolute atomic E-state index is 0.00667. The molecule has 12 heteroatoms. The highest BCUT2D eigenvalue weighted by atomic mass is 19.1. The van der Waals surface area contributed by atoms with Gasteiger partial charge in [-0.3, -0.25) is 14.4 Å². The third-order valence-electron chi connectivity index (χ3n) is 7.66. The number of amides is 3. The summed E-state index contributed by atoms with van der Waals surface area (Å²) in [5.41, 5.74) is 19.4. The summed E-state index contributed by atoms with van der Waals surface area (Å²) in [6.45, 7) is 0.511. The van der Waals surface area contributed by atoms with Gasteiger partial charge in [-0.15, -0.1) is 0 Å². The van der Waals surface area contributed by atoms with Crippen molar-refractivity contribution in [3.8, 4) is 16.9 Å². The zero-order valence-electron chi connectivity index (χ0n) is 24.0. The van der Waals surface area contributed by atoms with E-state index in [1.165, 1.54) is 24.1 Å². The van der Waals surface area contributed by atoms with Gasteiger partial charge in [0.1, 0.15) is 23.7 Å². The van der Waals surface area contributed by atoms with Crippen molar-refractivity contribution < 1.29 is 29.0 Å². The van der Waals surface area contributed by atoms with Crippen LogP contribution in [0.5, 0.6) is 5.75 Å². The highest BCUT2D eigenvalue weighted by Gasteiger charge is 2.34. The summed E-state index contributed by atoms with van der Waals surface area (Å²) in [6, 6.07) is 5.65. The maximum atomic E-state index is 15.2. The van der Waals surface area contributed by atoms with Gasteiger partial charge in [0.05, 0.1) is 6.04 Å². The number of rotatable bonds is 10. The molecule has 2 aromatic rings. The summed E-state index contributed by atoms with van der Waals surface area (Å²) in [6.07, 6.45) is 1.87. The Morgan fingerprint density at radius 1 is 1.07 bits per heavy atom. The first-order valence-electron chi connectivity index (χ1n) is 14.3. The summed E-state index contributed by atoms with van der Waals surface area (Å²) >= 11 is 0. The van der Waals surface area contributed by atoms with Gasteiger partial charge in [0.2, 0.25) is 17.7 Å². The molecule has 10 N–H and O–H groups in total. The number of halogens is 1. The lowest BCUT2D eigenvalue weighted by molar-refractivity contribution is -0.142. The molecule has 3 amide bonds. The lowest BCUT2D eigenvalue weighted by Crippen LogP contribution is -2.57. The lowest BCUT2D eigenvalue weighted by atomic mass is 9.95. The molecule has 230 valence electrons. The number of fused-ring (bicyclic) bond motifs is 5. The average molecular weight is 587 g/mol. The quantitative estimate of drug-likeness (QED) is 0.206. The van der Waals surface area contributed by atoms with Gasteiger partial charge in [-0.2, -0.15) is 0 Å². The molecule has 4 bridgehead atoms. The van der Waals surface area contributed by atoms with E-state index in [9.17, 15) is 24.6 Å². The first-order chi connectivity index (χ1) is 20.1. The second-order valence-electron chi connectivity index (χ2n) is 10.8. The summed E-state index contributed by atoms with van der Waals surface area (Å²) in [5.74, 6) is -2.28. The topological polar surface area (TPSA) is 197 Å². The third-order valence-corrected chi connectivity index (χ3v) is 7.66. The maximum absolute atomic E-state index is 15.2. The molecule has 0 aliphatic carbocycles. The van der Waals surface area contributed by atoms with E-state index in [2.05, 4.69) is 10.6 Å². The molecule has 1 aliphatic heterocycles. The molecular formula is C30H43FN6O5. The van der Waals surface area contributed by atoms with E-state index in [-0.39, 0.29) is 50.1 Å². The van der Waals surface area contributed by atoms with Gasteiger partial charge in [0.25, 0.3) is 0 Å². The van der Waals surface area contributed by atoms with Crippen LogP contribution >= 0.6 is 0 Å². The predicted octanol–water partition coefficient (Wildman–Crippen LogP) is 0.281. The van der Waals surface area contributed by atoms with Gasteiger partial charge >= 0.3 is 0 Å². The first kappa shape index (κ1) is 32.9. The Kier molecular flexibility index (Phi) is 12.2. The van der Waals surface area contributed by atoms with Crippen molar-refractivity contribution in [3.63, 3.8) is 0 Å². The van der Waals surface area contributed by atoms with Crippen molar-refractivity contribution in [1.29, 1.82) is 0 Å². The van der Waals surface area contributed by atoms with Crippen LogP contribution in [0.2, 0.25) is 0 Å². The number of nitrogens with zero attached hydrogens (tertiary/aromatic N) is 1. The molecule has 1 heterocycles. The number of nitrogens with two attached hydrogens (primary N) is 3. The van der Waals surface area contributed by atoms with Gasteiger partial charge in [0, 0.05) is 32.5 Å². The number of benzene rings is 2. The molecule has 3 rings (SSSR count). The van der Waals surface area contributed by atoms with Gasteiger partial charge in [-0.25, -0.2) is 4.39 Å². The van der Waals surface area contributed by atoms with Gasteiger partial charge in [-0.05, 0) is 91.7 Å². The standard InChI is InChI=1S/C30H43FN6O5/c1-37-26(29(41)35-22(10-13-38)4-2-11-32)17-20-14-18(6-8-23(20)31)19-7-9-27(39)21(15-19)16-24(34)28(40)36-25(30(37)42)5-3-12-33/h6-9,14-15,22,24-26,38-39H,2-5,10-13,16-17,32-34H2,1H3,(H,35,41)(H,36,40)/t22-,24-,25-,26-/m0/s1. The number of nitrogens with one attached hydrogen (secondary N) is 2. The lowest BCUT2D eigenvalue weighted by Gasteiger charge is -2.32. The molecule has 0 unspecified atom stereocenters. The largest absolute Gasteiger partial charge is 0.508 e. The van der Waals surface area contributed by atoms with Gasteiger partial charge < -0.3 is 42.9 Å². The van der Waals surface area contributed by atoms with E-state index < -0.39 is 47.7 Å². The first-order valence-corrected chi connectivity index (χ1v) is 14.3. The SMILES string of the molecule is CN1C(=O)[C@H](CCCN)NC(=O)[C@@H](N)Cc2cc(ccc2O)-c2ccc(F)c(c2)C[C@H]1C(=O)N[C@H](CCO)CCCN. The Bertz CT molecular complexity index is 1240. The van der Waals surface area contributed by atoms with Crippen LogP contribution in [0.3, 0.4) is 0 Å². The van der Waals surface area contributed by atoms with E-state index in [4.69, 9.17) is 17.2 Å². The van der Waals surface area contributed by atoms with Crippen molar-refractivity contribution in [3.05, 3.63) is 53.3 Å². The predicted molar refractivity (Wildman–Crippen MR) is 158 cm³/mol. The fourth-order valence-corrected chi connectivity index (χ4v) is 5.15. The number of aromatic hydroxyl groups is 1. The summed E-state index contributed by atoms with van der Waals surface area (Å²) in [4.78, 5) is 41.9. The Balaban J connectivity index is 2.11. The molecule has 0 aromatic heterocycles. The molecule has 0 saturated heterocycles. The highest BCUT2D eigenvalue weighted by Crippen LogP contribution is 2.29. The van der Waals surface area contributed by atoms with Crippen molar-refractivity contribution in [1.82, 2.24) is 15.5 Å². The smallest absolute Gasteiger partial charge is 0.245 e. The Labute approximate surface area is 245 Å². The van der Waals surface area contributed by atoms with Crippen molar-refractivity contribution >= 4 is 17.7 Å². The number of carbonyl (C=O) groups excluding carboxylic acids is 3. The zero-order chi connectivity index (χ0) is 30.8. The number of aliphatic hydroxyl groups is 1. The van der Waals surface area contributed by atoms with E-state index in [0.29, 0.717) is 42.5 Å². The van der Waals surface area contributed by atoms with Crippen LogP contribution in [0, 0.1) is 5.82 Å². The molecule has 1 aliphatic rings. The molecule has 0 fully saturated rings. The number of aliphatic hydroxyl groups excluding tert-OH is 1. The molecule has 4 atom stereocenters. The Morgan fingerprint density at radius 2 is 1.74 bits per heavy atom. The molecule has 11 nitrogen and oxygen atoms in total. The zero-order valence-corrected chi connectivity index (χ0v) is 24.0. The number of phenols is 1. The fraction of sp³-hybridized carbons (Fsp3) is 0.500. The van der Waals surface area contributed by atoms with Crippen molar-refractivity contribution in [2.45, 2.75) is 69.1 Å². The van der Waals surface area contributed by atoms with E-state index in [0.717, 1.165) is 0 Å². The van der Waals surface area contributed by atoms with Crippen LogP contribution in [0.4, 0.5) is 4.39 Å². The maximum Gasteiger partial charge on any atom is 0.245 e. The molecule has 0 spiro atoms. The molecular weight excluding hydrogens is 543 g/mol. The summed E-state index contributed by atoms with van der Waals surface area (Å²) in [5, 5.41) is 25.6. The number of hydrogen-bond acceptors (Lipinski definition) is 8. The van der Waals surface area contributed by atoms with Crippen LogP contribution in [-0.4, -0.2) is 83.7 Å². The second kappa shape index (κ2) is 15.6. The van der Waals surface area contributed by atoms with Crippen molar-refractivity contribution in [2.75, 3.05) is 26.7 Å². The number of likely N-dealkylation sites (N-methyl/N-ethyl adjacent to an activating group) is 1. The van der Waals surface area contributed by atoms with Crippen LogP contribution in [0.15, 0.2) is 36.4 Å². The van der Waals surface area contributed by atoms with Crippen LogP contribution in [0.1, 0.15) is 43.2 Å². The van der Waals surface area contributed by atoms with Crippen LogP contribution in [0.25, 0.3) is 11.1 Å². The minimum Gasteiger partial charge on any atom is -0.508 e. The van der Waals surface area contributed by atoms with Crippen LogP contribution in [-0.2, 0) is 27.2 Å². The molecule has 0 radical (unpaired) electrons. The fourth-order valence-electron chi connectivity index (χ4n) is 5.15. The number of phenolic OH excluding ortho intramolecular Hbond substituents is 1. The normalized spacial score (nSPS) is 20.3. The molecule has 42 heavy (non-hydrogen) atoms. The third kappa shape index (κ3) is 8.48. The average Bonchev–Trinajstić information content (AvgIpc) is 2.97. The monoisotopic (exact) mass is 586 g/mol. The molecule has 2 aromatic carbocycles. The summed E-state index contributed by atoms with van der Waals surface area (Å²) < 4.78 is 15.2.